The van der Waals surface area contributed by atoms with Crippen LogP contribution in [0.2, 0.25) is 0 Å². The normalized spacial score (nSPS) is 5.93. The molecule has 14 heavy (non-hydrogen) atoms. The van der Waals surface area contributed by atoms with E-state index in [9.17, 15) is 0 Å². The minimum absolute atomic E-state index is 0. The van der Waals surface area contributed by atoms with Gasteiger partial charge in [-0.15, -0.1) is 0 Å². The summed E-state index contributed by atoms with van der Waals surface area (Å²) in [7, 11) is -7.77. The Morgan fingerprint density at radius 3 is 1.00 bits per heavy atom. The first-order valence-electron chi connectivity index (χ1n) is 1.43. The maximum Gasteiger partial charge on any atom is 2.00 e. The second-order valence-corrected chi connectivity index (χ2v) is 2.39. The summed E-state index contributed by atoms with van der Waals surface area (Å²) in [4.78, 5) is 35.9. The van der Waals surface area contributed by atoms with E-state index >= 15 is 0 Å². The van der Waals surface area contributed by atoms with Crippen molar-refractivity contribution in [2.24, 2.45) is 0 Å². The molecule has 0 bridgehead atoms. The van der Waals surface area contributed by atoms with Crippen molar-refractivity contribution < 1.29 is 41.6 Å². The summed E-state index contributed by atoms with van der Waals surface area (Å²) >= 11 is 0. The number of hydrogen-bond donors (Lipinski definition) is 5. The van der Waals surface area contributed by atoms with Gasteiger partial charge in [-0.25, -0.2) is 4.57 Å². The van der Waals surface area contributed by atoms with Crippen molar-refractivity contribution >= 4 is 92.1 Å². The zero-order valence-corrected chi connectivity index (χ0v) is 8.52. The van der Waals surface area contributed by atoms with Crippen LogP contribution < -0.4 is 0 Å². The predicted molar refractivity (Wildman–Crippen MR) is 66.5 cm³/mol. The van der Waals surface area contributed by atoms with Crippen molar-refractivity contribution in [2.45, 2.75) is 0 Å². The van der Waals surface area contributed by atoms with Crippen molar-refractivity contribution in [1.82, 2.24) is 0 Å². The topological polar surface area (TPSA) is 167 Å². The molecule has 8 nitrogen and oxygen atoms in total. The maximum absolute atomic E-state index is 8.88. The van der Waals surface area contributed by atoms with Crippen molar-refractivity contribution in [3.63, 3.8) is 0 Å². The van der Waals surface area contributed by atoms with Gasteiger partial charge in [-0.05, 0) is 0 Å². The SMILES string of the molecule is O.O=P(O)(O)O.O=[Si](O)O.[AlH3].[AlH3].[AlH3].[H-].[H-].[Mg+2]. The van der Waals surface area contributed by atoms with Crippen LogP contribution in [0.3, 0.4) is 0 Å². The van der Waals surface area contributed by atoms with Crippen LogP contribution in [0.15, 0.2) is 0 Å². The second-order valence-electron chi connectivity index (χ2n) is 0.796. The van der Waals surface area contributed by atoms with E-state index < -0.39 is 17.0 Å². The molecule has 0 aliphatic carbocycles. The van der Waals surface area contributed by atoms with Gasteiger partial charge in [0.1, 0.15) is 0 Å². The predicted octanol–water partition coefficient (Wildman–Crippen LogP) is -7.07. The number of hydrogen-bond acceptors (Lipinski definition) is 2. The molecule has 0 saturated heterocycles. The number of phosphoric acid groups is 1. The molecule has 0 fully saturated rings. The molecule has 0 saturated carbocycles. The van der Waals surface area contributed by atoms with E-state index in [1.807, 2.05) is 0 Å². The largest absolute Gasteiger partial charge is 2.00 e. The van der Waals surface area contributed by atoms with Gasteiger partial charge < -0.3 is 32.6 Å². The van der Waals surface area contributed by atoms with E-state index in [0.29, 0.717) is 0 Å². The second kappa shape index (κ2) is 24.3. The van der Waals surface area contributed by atoms with Crippen molar-refractivity contribution in [3.05, 3.63) is 0 Å². The van der Waals surface area contributed by atoms with Gasteiger partial charge in [0.15, 0.2) is 52.1 Å². The summed E-state index contributed by atoms with van der Waals surface area (Å²) in [5.74, 6) is 0. The first kappa shape index (κ1) is 44.4. The Labute approximate surface area is 133 Å². The summed E-state index contributed by atoms with van der Waals surface area (Å²) < 4.78 is 17.6. The third-order valence-electron chi connectivity index (χ3n) is 0. The standard InChI is InChI=1S/3Al.Mg.H3O4P.H2O3Si.H2O.11H/c;;;;1-5(2,3)4;1-4(2)3;;;;;;;;;;;;/h;;;;(H3,1,2,3,4);1-2H;1H2;;;;;;;;;;;/q;;;+2;;;;;;;;;;;;;2*-1. The molecule has 0 aromatic heterocycles. The number of rotatable bonds is 0. The monoisotopic (exact) mass is 310 g/mol. The summed E-state index contributed by atoms with van der Waals surface area (Å²) in [6, 6.07) is 0. The molecule has 0 aromatic rings. The van der Waals surface area contributed by atoms with Crippen LogP contribution in [-0.2, 0) is 9.03 Å². The van der Waals surface area contributed by atoms with Gasteiger partial charge in [-0.1, -0.05) is 0 Å². The molecular formula is H18Al3MgO8PSi. The fourth-order valence-corrected chi connectivity index (χ4v) is 0. The Kier molecular flexibility index (Phi) is 77.1. The summed E-state index contributed by atoms with van der Waals surface area (Å²) in [5, 5.41) is 0. The first-order valence-corrected chi connectivity index (χ1v) is 4.30. The van der Waals surface area contributed by atoms with E-state index in [4.69, 9.17) is 33.3 Å². The van der Waals surface area contributed by atoms with Crippen LogP contribution in [0.25, 0.3) is 0 Å². The van der Waals surface area contributed by atoms with E-state index in [1.165, 1.54) is 0 Å². The minimum atomic E-state index is -4.64. The summed E-state index contributed by atoms with van der Waals surface area (Å²) in [5.41, 5.74) is 0. The average molecular weight is 310 g/mol. The molecule has 0 radical (unpaired) electrons. The zero-order valence-electron chi connectivity index (χ0n) is 7.21. The Morgan fingerprint density at radius 1 is 1.00 bits per heavy atom. The van der Waals surface area contributed by atoms with Gasteiger partial charge >= 0.3 is 40.0 Å². The van der Waals surface area contributed by atoms with Crippen molar-refractivity contribution in [2.75, 3.05) is 0 Å². The van der Waals surface area contributed by atoms with Crippen LogP contribution in [0.5, 0.6) is 0 Å². The Morgan fingerprint density at radius 2 is 1.00 bits per heavy atom. The Bertz CT molecular complexity index is 133. The molecule has 7 N–H and O–H groups in total. The quantitative estimate of drug-likeness (QED) is 0.219. The van der Waals surface area contributed by atoms with Crippen LogP contribution >= 0.6 is 7.82 Å². The third kappa shape index (κ3) is 569. The molecular weight excluding hydrogens is 292 g/mol. The Hall–Kier alpha value is 2.05. The molecule has 14 heteroatoms. The summed E-state index contributed by atoms with van der Waals surface area (Å²) in [6.45, 7) is 0. The van der Waals surface area contributed by atoms with Gasteiger partial charge in [0.25, 0.3) is 0 Å². The first-order chi connectivity index (χ1) is 3.73. The fourth-order valence-electron chi connectivity index (χ4n) is 0. The van der Waals surface area contributed by atoms with Crippen LogP contribution in [0.4, 0.5) is 0 Å². The van der Waals surface area contributed by atoms with Gasteiger partial charge in [-0.2, -0.15) is 0 Å². The van der Waals surface area contributed by atoms with E-state index in [-0.39, 0.29) is 83.5 Å². The molecule has 0 aliphatic heterocycles. The van der Waals surface area contributed by atoms with Gasteiger partial charge in [0, 0.05) is 0 Å². The molecule has 0 aliphatic rings. The van der Waals surface area contributed by atoms with Crippen molar-refractivity contribution in [3.8, 4) is 0 Å². The molecule has 0 spiro atoms. The average Bonchev–Trinajstić information content (AvgIpc) is 1.19. The molecule has 0 aromatic carbocycles. The zero-order chi connectivity index (χ0) is 8.08. The van der Waals surface area contributed by atoms with E-state index in [2.05, 4.69) is 0 Å². The third-order valence-corrected chi connectivity index (χ3v) is 0. The van der Waals surface area contributed by atoms with Crippen molar-refractivity contribution in [1.29, 1.82) is 0 Å². The van der Waals surface area contributed by atoms with E-state index in [1.54, 1.807) is 0 Å². The minimum Gasteiger partial charge on any atom is -1.00 e. The molecule has 0 amide bonds. The van der Waals surface area contributed by atoms with Crippen LogP contribution in [0.1, 0.15) is 2.85 Å². The molecule has 0 heterocycles. The molecule has 0 atom stereocenters. The molecule has 0 unspecified atom stereocenters. The van der Waals surface area contributed by atoms with Crippen LogP contribution in [0, 0.1) is 0 Å². The van der Waals surface area contributed by atoms with Gasteiger partial charge in [0.05, 0.1) is 0 Å². The maximum atomic E-state index is 8.88. The summed E-state index contributed by atoms with van der Waals surface area (Å²) in [6.07, 6.45) is 0. The van der Waals surface area contributed by atoms with Crippen LogP contribution in [-0.4, -0.2) is 114 Å². The van der Waals surface area contributed by atoms with E-state index in [0.717, 1.165) is 0 Å². The van der Waals surface area contributed by atoms with Gasteiger partial charge in [0.2, 0.25) is 0 Å². The van der Waals surface area contributed by atoms with Gasteiger partial charge in [-0.3, -0.25) is 4.46 Å². The molecule has 0 rings (SSSR count). The smallest absolute Gasteiger partial charge is 1.00 e. The Balaban J connectivity index is -0.00000000614. The molecule has 86 valence electrons. The fraction of sp³-hybridized carbons (Fsp3) is 0.